The van der Waals surface area contributed by atoms with Crippen molar-refractivity contribution in [2.24, 2.45) is 5.73 Å². The molecule has 0 amide bonds. The Morgan fingerprint density at radius 1 is 1.09 bits per heavy atom. The Balaban J connectivity index is 2.12. The predicted octanol–water partition coefficient (Wildman–Crippen LogP) is 0.340. The first kappa shape index (κ1) is 22.2. The fourth-order valence-corrected chi connectivity index (χ4v) is 4.83. The summed E-state index contributed by atoms with van der Waals surface area (Å²) in [4.78, 5) is 47.3. The van der Waals surface area contributed by atoms with Gasteiger partial charge in [-0.05, 0) is 48.4 Å². The van der Waals surface area contributed by atoms with Crippen molar-refractivity contribution in [3.63, 3.8) is 0 Å². The lowest BCUT2D eigenvalue weighted by atomic mass is 9.83. The summed E-state index contributed by atoms with van der Waals surface area (Å²) in [7, 11) is 1.24. The lowest BCUT2D eigenvalue weighted by Crippen LogP contribution is -2.41. The topological polar surface area (TPSA) is 126 Å². The average molecular weight is 465 g/mol. The number of nitrogens with two attached hydrogens (primary N) is 1. The van der Waals surface area contributed by atoms with E-state index in [4.69, 9.17) is 15.2 Å². The Morgan fingerprint density at radius 2 is 1.73 bits per heavy atom. The first-order valence-electron chi connectivity index (χ1n) is 10.0. The highest BCUT2D eigenvalue weighted by atomic mass is 32.1. The molecule has 1 aliphatic heterocycles. The fraction of sp³-hybridized carbons (Fsp3) is 0.174. The van der Waals surface area contributed by atoms with Gasteiger partial charge in [0.15, 0.2) is 0 Å². The first-order chi connectivity index (χ1) is 16.0. The summed E-state index contributed by atoms with van der Waals surface area (Å²) < 4.78 is 12.1. The van der Waals surface area contributed by atoms with Crippen LogP contribution in [0.2, 0.25) is 0 Å². The molecule has 0 spiro atoms. The number of aromatic nitrogens is 3. The number of carbonyl (C=O) groups excluding carboxylic acids is 2. The molecule has 4 rings (SSSR count). The maximum atomic E-state index is 13.3. The van der Waals surface area contributed by atoms with Gasteiger partial charge in [-0.1, -0.05) is 0 Å². The van der Waals surface area contributed by atoms with E-state index in [0.29, 0.717) is 14.8 Å². The quantitative estimate of drug-likeness (QED) is 0.536. The van der Waals surface area contributed by atoms with E-state index in [9.17, 15) is 14.4 Å². The summed E-state index contributed by atoms with van der Waals surface area (Å²) in [5.74, 6) is -2.39. The molecular weight excluding hydrogens is 444 g/mol. The number of hydrogen-bond acceptors (Lipinski definition) is 9. The van der Waals surface area contributed by atoms with Crippen LogP contribution in [0.5, 0.6) is 0 Å². The molecule has 1 aliphatic rings. The largest absolute Gasteiger partial charge is 0.466 e. The average Bonchev–Trinajstić information content (AvgIpc) is 3.15. The third-order valence-corrected chi connectivity index (χ3v) is 6.20. The van der Waals surface area contributed by atoms with E-state index >= 15 is 0 Å². The van der Waals surface area contributed by atoms with Gasteiger partial charge in [0.2, 0.25) is 0 Å². The minimum atomic E-state index is -0.897. The lowest BCUT2D eigenvalue weighted by molar-refractivity contribution is -0.138. The van der Waals surface area contributed by atoms with Gasteiger partial charge in [-0.25, -0.2) is 9.59 Å². The highest BCUT2D eigenvalue weighted by Gasteiger charge is 2.39. The minimum absolute atomic E-state index is 0.00805. The molecule has 0 radical (unpaired) electrons. The summed E-state index contributed by atoms with van der Waals surface area (Å²) in [6.07, 6.45) is 7.97. The summed E-state index contributed by atoms with van der Waals surface area (Å²) in [6, 6.07) is 6.84. The Hall–Kier alpha value is -4.05. The van der Waals surface area contributed by atoms with Crippen LogP contribution in [0.25, 0.3) is 17.5 Å². The van der Waals surface area contributed by atoms with Crippen molar-refractivity contribution < 1.29 is 19.1 Å². The molecule has 0 aromatic carbocycles. The maximum Gasteiger partial charge on any atom is 0.338 e. The molecule has 0 aliphatic carbocycles. The van der Waals surface area contributed by atoms with Crippen LogP contribution in [0.15, 0.2) is 59.4 Å². The Kier molecular flexibility index (Phi) is 6.18. The van der Waals surface area contributed by atoms with E-state index in [1.807, 2.05) is 0 Å². The van der Waals surface area contributed by atoms with E-state index in [1.54, 1.807) is 62.1 Å². The van der Waals surface area contributed by atoms with Crippen molar-refractivity contribution in [2.45, 2.75) is 12.8 Å². The standard InChI is InChI=1S/C23H20N4O5S/c1-3-32-23(30)17-16(14-6-10-26-11-7-14)18(22(29)31-2)21-27(19(17)24)20(28)15(33-21)12-13-4-8-25-9-5-13/h4-12,16H,3,24H2,1-2H3/b15-12-/t16-/m0/s1. The summed E-state index contributed by atoms with van der Waals surface area (Å²) in [5, 5.41) is 0. The van der Waals surface area contributed by atoms with Crippen molar-refractivity contribution in [2.75, 3.05) is 13.7 Å². The van der Waals surface area contributed by atoms with Gasteiger partial charge in [0.05, 0.1) is 35.3 Å². The second-order valence-corrected chi connectivity index (χ2v) is 8.01. The summed E-state index contributed by atoms with van der Waals surface area (Å²) >= 11 is 1.09. The van der Waals surface area contributed by atoms with Crippen molar-refractivity contribution in [1.82, 2.24) is 14.5 Å². The molecule has 33 heavy (non-hydrogen) atoms. The van der Waals surface area contributed by atoms with Gasteiger partial charge >= 0.3 is 11.9 Å². The van der Waals surface area contributed by atoms with E-state index in [2.05, 4.69) is 9.97 Å². The van der Waals surface area contributed by atoms with Crippen LogP contribution in [0.4, 0.5) is 0 Å². The Labute approximate surface area is 192 Å². The molecule has 2 N–H and O–H groups in total. The molecule has 3 aromatic heterocycles. The molecule has 0 saturated heterocycles. The number of esters is 2. The van der Waals surface area contributed by atoms with Gasteiger partial charge in [-0.2, -0.15) is 0 Å². The normalized spacial score (nSPS) is 15.9. The van der Waals surface area contributed by atoms with Crippen LogP contribution in [0.3, 0.4) is 0 Å². The van der Waals surface area contributed by atoms with Crippen molar-refractivity contribution in [3.8, 4) is 0 Å². The number of nitrogens with zero attached hydrogens (tertiary/aromatic N) is 3. The number of carbonyl (C=O) groups is 2. The van der Waals surface area contributed by atoms with Gasteiger partial charge in [0.1, 0.15) is 10.5 Å². The second-order valence-electron chi connectivity index (χ2n) is 6.98. The van der Waals surface area contributed by atoms with Crippen LogP contribution in [-0.2, 0) is 19.1 Å². The number of hydrogen-bond donors (Lipinski definition) is 1. The van der Waals surface area contributed by atoms with Crippen LogP contribution >= 0.6 is 11.3 Å². The molecule has 9 nitrogen and oxygen atoms in total. The second kappa shape index (κ2) is 9.21. The van der Waals surface area contributed by atoms with Gasteiger partial charge in [-0.15, -0.1) is 11.3 Å². The Morgan fingerprint density at radius 3 is 2.33 bits per heavy atom. The molecule has 168 valence electrons. The number of fused-ring (bicyclic) bond motifs is 1. The predicted molar refractivity (Wildman–Crippen MR) is 122 cm³/mol. The zero-order chi connectivity index (χ0) is 23.5. The van der Waals surface area contributed by atoms with Gasteiger partial charge in [-0.3, -0.25) is 19.3 Å². The van der Waals surface area contributed by atoms with E-state index in [1.165, 1.54) is 11.7 Å². The summed E-state index contributed by atoms with van der Waals surface area (Å²) in [6.45, 7) is 1.76. The highest BCUT2D eigenvalue weighted by Crippen LogP contribution is 2.37. The van der Waals surface area contributed by atoms with Crippen molar-refractivity contribution in [1.29, 1.82) is 0 Å². The lowest BCUT2D eigenvalue weighted by Gasteiger charge is -2.26. The van der Waals surface area contributed by atoms with Crippen LogP contribution in [-0.4, -0.2) is 40.2 Å². The van der Waals surface area contributed by atoms with E-state index in [0.717, 1.165) is 16.9 Å². The zero-order valence-electron chi connectivity index (χ0n) is 17.8. The van der Waals surface area contributed by atoms with Crippen molar-refractivity contribution in [3.05, 3.63) is 85.3 Å². The third kappa shape index (κ3) is 3.96. The maximum absolute atomic E-state index is 13.3. The number of ether oxygens (including phenoxy) is 2. The van der Waals surface area contributed by atoms with Crippen LogP contribution in [0, 0.1) is 0 Å². The molecule has 10 heteroatoms. The molecule has 0 unspecified atom stereocenters. The number of pyridine rings is 2. The van der Waals surface area contributed by atoms with Crippen LogP contribution in [0.1, 0.15) is 24.0 Å². The van der Waals surface area contributed by atoms with Gasteiger partial charge in [0, 0.05) is 24.8 Å². The van der Waals surface area contributed by atoms with Gasteiger partial charge < -0.3 is 15.2 Å². The van der Waals surface area contributed by atoms with Crippen molar-refractivity contribution >= 4 is 40.7 Å². The molecular formula is C23H20N4O5S. The summed E-state index contributed by atoms with van der Waals surface area (Å²) in [5.41, 5.74) is 7.40. The molecule has 0 saturated carbocycles. The van der Waals surface area contributed by atoms with E-state index in [-0.39, 0.29) is 23.6 Å². The fourth-order valence-electron chi connectivity index (χ4n) is 3.66. The molecule has 4 heterocycles. The SMILES string of the molecule is CCOC(=O)C1=C(N)n2c(s/c(=C\c3ccncc3)c2=O)=C(C(=O)OC)[C@H]1c1ccncc1. The third-order valence-electron chi connectivity index (χ3n) is 5.09. The molecule has 3 aromatic rings. The number of thiazole rings is 1. The molecule has 0 bridgehead atoms. The van der Waals surface area contributed by atoms with E-state index < -0.39 is 23.4 Å². The smallest absolute Gasteiger partial charge is 0.338 e. The molecule has 1 atom stereocenters. The van der Waals surface area contributed by atoms with Crippen LogP contribution < -0.4 is 20.5 Å². The number of rotatable bonds is 5. The zero-order valence-corrected chi connectivity index (χ0v) is 18.7. The highest BCUT2D eigenvalue weighted by molar-refractivity contribution is 7.07. The minimum Gasteiger partial charge on any atom is -0.466 e. The van der Waals surface area contributed by atoms with Gasteiger partial charge in [0.25, 0.3) is 5.56 Å². The first-order valence-corrected chi connectivity index (χ1v) is 10.8. The monoisotopic (exact) mass is 464 g/mol. The Bertz CT molecular complexity index is 1420. The molecule has 0 fully saturated rings. The number of methoxy groups -OCH3 is 1.